The summed E-state index contributed by atoms with van der Waals surface area (Å²) in [7, 11) is -3.79. The first-order valence-electron chi connectivity index (χ1n) is 10.3. The number of benzene rings is 2. The van der Waals surface area contributed by atoms with E-state index in [4.69, 9.17) is 9.47 Å². The first-order chi connectivity index (χ1) is 14.5. The number of anilines is 1. The highest BCUT2D eigenvalue weighted by molar-refractivity contribution is 7.92. The Morgan fingerprint density at radius 1 is 1.07 bits per heavy atom. The zero-order valence-electron chi connectivity index (χ0n) is 17.0. The summed E-state index contributed by atoms with van der Waals surface area (Å²) in [5.74, 6) is 1.56. The van der Waals surface area contributed by atoms with E-state index in [1.54, 1.807) is 30.3 Å². The van der Waals surface area contributed by atoms with Gasteiger partial charge in [0.1, 0.15) is 13.2 Å². The highest BCUT2D eigenvalue weighted by Gasteiger charge is 2.27. The molecule has 4 rings (SSSR count). The van der Waals surface area contributed by atoms with E-state index in [0.717, 1.165) is 19.5 Å². The molecule has 0 atom stereocenters. The number of hydrogen-bond acceptors (Lipinski definition) is 5. The van der Waals surface area contributed by atoms with Crippen molar-refractivity contribution in [1.82, 2.24) is 4.90 Å². The number of hydrogen-bond donors (Lipinski definition) is 1. The van der Waals surface area contributed by atoms with Gasteiger partial charge in [-0.25, -0.2) is 8.42 Å². The van der Waals surface area contributed by atoms with E-state index in [0.29, 0.717) is 41.9 Å². The van der Waals surface area contributed by atoms with Gasteiger partial charge in [0, 0.05) is 30.4 Å². The van der Waals surface area contributed by atoms with E-state index in [1.165, 1.54) is 25.0 Å². The summed E-state index contributed by atoms with van der Waals surface area (Å²) in [6, 6.07) is 11.1. The highest BCUT2D eigenvalue weighted by Crippen LogP contribution is 2.33. The number of nitrogens with one attached hydrogen (secondary N) is 1. The van der Waals surface area contributed by atoms with Crippen LogP contribution in [0.5, 0.6) is 11.5 Å². The van der Waals surface area contributed by atoms with Gasteiger partial charge in [0.15, 0.2) is 11.5 Å². The molecule has 1 heterocycles. The van der Waals surface area contributed by atoms with Crippen molar-refractivity contribution in [3.63, 3.8) is 0 Å². The van der Waals surface area contributed by atoms with Crippen molar-refractivity contribution in [2.24, 2.45) is 5.92 Å². The van der Waals surface area contributed by atoms with Crippen LogP contribution in [0, 0.1) is 5.92 Å². The summed E-state index contributed by atoms with van der Waals surface area (Å²) in [4.78, 5) is 14.8. The van der Waals surface area contributed by atoms with Crippen LogP contribution in [-0.2, 0) is 10.0 Å². The minimum Gasteiger partial charge on any atom is -0.486 e. The Balaban J connectivity index is 1.46. The molecule has 1 aliphatic heterocycles. The fraction of sp³-hybridized carbons (Fsp3) is 0.409. The van der Waals surface area contributed by atoms with Crippen LogP contribution in [0.2, 0.25) is 0 Å². The first kappa shape index (κ1) is 20.5. The van der Waals surface area contributed by atoms with Gasteiger partial charge in [0.05, 0.1) is 4.90 Å². The van der Waals surface area contributed by atoms with E-state index in [2.05, 4.69) is 11.6 Å². The van der Waals surface area contributed by atoms with Crippen LogP contribution in [0.25, 0.3) is 0 Å². The Kier molecular flexibility index (Phi) is 5.85. The molecular formula is C22H26N2O5S. The zero-order valence-corrected chi connectivity index (χ0v) is 17.8. The third-order valence-corrected chi connectivity index (χ3v) is 6.54. The smallest absolute Gasteiger partial charge is 0.262 e. The average molecular weight is 431 g/mol. The molecule has 1 saturated carbocycles. The van der Waals surface area contributed by atoms with E-state index in [1.807, 2.05) is 4.90 Å². The molecule has 160 valence electrons. The Labute approximate surface area is 177 Å². The number of fused-ring (bicyclic) bond motifs is 1. The van der Waals surface area contributed by atoms with Crippen LogP contribution >= 0.6 is 0 Å². The Bertz CT molecular complexity index is 1020. The normalized spacial score (nSPS) is 15.5. The molecule has 0 radical (unpaired) electrons. The van der Waals surface area contributed by atoms with Gasteiger partial charge in [-0.3, -0.25) is 9.52 Å². The van der Waals surface area contributed by atoms with Gasteiger partial charge in [-0.1, -0.05) is 6.92 Å². The monoisotopic (exact) mass is 430 g/mol. The number of ether oxygens (including phenoxy) is 2. The molecule has 0 unspecified atom stereocenters. The van der Waals surface area contributed by atoms with Crippen molar-refractivity contribution < 1.29 is 22.7 Å². The lowest BCUT2D eigenvalue weighted by Crippen LogP contribution is -2.33. The lowest BCUT2D eigenvalue weighted by molar-refractivity contribution is 0.0747. The first-order valence-corrected chi connectivity index (χ1v) is 11.8. The van der Waals surface area contributed by atoms with E-state index >= 15 is 0 Å². The second kappa shape index (κ2) is 8.55. The van der Waals surface area contributed by atoms with Gasteiger partial charge in [0.25, 0.3) is 15.9 Å². The number of carbonyl (C=O) groups excluding carboxylic acids is 1. The maximum Gasteiger partial charge on any atom is 0.262 e. The predicted molar refractivity (Wildman–Crippen MR) is 114 cm³/mol. The maximum absolute atomic E-state index is 12.8. The van der Waals surface area contributed by atoms with Crippen molar-refractivity contribution in [1.29, 1.82) is 0 Å². The Morgan fingerprint density at radius 2 is 1.77 bits per heavy atom. The summed E-state index contributed by atoms with van der Waals surface area (Å²) in [5.41, 5.74) is 0.956. The summed E-state index contributed by atoms with van der Waals surface area (Å²) in [5, 5.41) is 0. The molecule has 1 amide bonds. The Morgan fingerprint density at radius 3 is 2.43 bits per heavy atom. The van der Waals surface area contributed by atoms with Gasteiger partial charge in [-0.15, -0.1) is 0 Å². The van der Waals surface area contributed by atoms with Crippen LogP contribution < -0.4 is 14.2 Å². The largest absolute Gasteiger partial charge is 0.486 e. The molecule has 8 heteroatoms. The molecule has 2 aromatic rings. The third-order valence-electron chi connectivity index (χ3n) is 5.16. The summed E-state index contributed by atoms with van der Waals surface area (Å²) in [6.07, 6.45) is 3.29. The molecular weight excluding hydrogens is 404 g/mol. The number of rotatable bonds is 8. The maximum atomic E-state index is 12.8. The molecule has 30 heavy (non-hydrogen) atoms. The SMILES string of the molecule is CCCN(CC1CC1)C(=O)c1ccc(NS(=O)(=O)c2ccc3c(c2)OCCO3)cc1. The second-order valence-electron chi connectivity index (χ2n) is 7.68. The Hall–Kier alpha value is -2.74. The van der Waals surface area contributed by atoms with Crippen LogP contribution in [0.4, 0.5) is 5.69 Å². The summed E-state index contributed by atoms with van der Waals surface area (Å²) in [6.45, 7) is 4.41. The quantitative estimate of drug-likeness (QED) is 0.693. The molecule has 1 aliphatic carbocycles. The number of carbonyl (C=O) groups is 1. The standard InChI is InChI=1S/C22H26N2O5S/c1-2-11-24(15-16-3-4-16)22(25)17-5-7-18(8-6-17)23-30(26,27)19-9-10-20-21(14-19)29-13-12-28-20/h5-10,14,16,23H,2-4,11-13,15H2,1H3. The molecule has 0 saturated heterocycles. The summed E-state index contributed by atoms with van der Waals surface area (Å²) >= 11 is 0. The van der Waals surface area contributed by atoms with E-state index < -0.39 is 10.0 Å². The number of nitrogens with zero attached hydrogens (tertiary/aromatic N) is 1. The number of amides is 1. The number of sulfonamides is 1. The topological polar surface area (TPSA) is 84.9 Å². The lowest BCUT2D eigenvalue weighted by Gasteiger charge is -2.22. The molecule has 0 bridgehead atoms. The molecule has 2 aliphatic rings. The van der Waals surface area contributed by atoms with Crippen molar-refractivity contribution in [2.45, 2.75) is 31.1 Å². The van der Waals surface area contributed by atoms with Crippen LogP contribution in [-0.4, -0.2) is 45.5 Å². The second-order valence-corrected chi connectivity index (χ2v) is 9.37. The minimum absolute atomic E-state index is 0.00927. The van der Waals surface area contributed by atoms with E-state index in [9.17, 15) is 13.2 Å². The molecule has 2 aromatic carbocycles. The van der Waals surface area contributed by atoms with Crippen molar-refractivity contribution in [2.75, 3.05) is 31.0 Å². The molecule has 1 fully saturated rings. The molecule has 0 spiro atoms. The van der Waals surface area contributed by atoms with Gasteiger partial charge in [-0.05, 0) is 61.6 Å². The van der Waals surface area contributed by atoms with Gasteiger partial charge >= 0.3 is 0 Å². The zero-order chi connectivity index (χ0) is 21.1. The van der Waals surface area contributed by atoms with Crippen molar-refractivity contribution >= 4 is 21.6 Å². The molecule has 1 N–H and O–H groups in total. The summed E-state index contributed by atoms with van der Waals surface area (Å²) < 4.78 is 38.9. The van der Waals surface area contributed by atoms with Crippen LogP contribution in [0.3, 0.4) is 0 Å². The van der Waals surface area contributed by atoms with E-state index in [-0.39, 0.29) is 10.8 Å². The van der Waals surface area contributed by atoms with Crippen molar-refractivity contribution in [3.8, 4) is 11.5 Å². The van der Waals surface area contributed by atoms with Crippen LogP contribution in [0.15, 0.2) is 47.4 Å². The molecule has 0 aromatic heterocycles. The average Bonchev–Trinajstić information content (AvgIpc) is 3.57. The third kappa shape index (κ3) is 4.70. The highest BCUT2D eigenvalue weighted by atomic mass is 32.2. The van der Waals surface area contributed by atoms with Gasteiger partial charge in [-0.2, -0.15) is 0 Å². The lowest BCUT2D eigenvalue weighted by atomic mass is 10.1. The molecule has 7 nitrogen and oxygen atoms in total. The van der Waals surface area contributed by atoms with Crippen LogP contribution in [0.1, 0.15) is 36.5 Å². The van der Waals surface area contributed by atoms with Gasteiger partial charge < -0.3 is 14.4 Å². The fourth-order valence-electron chi connectivity index (χ4n) is 3.43. The predicted octanol–water partition coefficient (Wildman–Crippen LogP) is 3.52. The van der Waals surface area contributed by atoms with Gasteiger partial charge in [0.2, 0.25) is 0 Å². The van der Waals surface area contributed by atoms with Crippen molar-refractivity contribution in [3.05, 3.63) is 48.0 Å². The fourth-order valence-corrected chi connectivity index (χ4v) is 4.50. The minimum atomic E-state index is -3.79.